The van der Waals surface area contributed by atoms with Gasteiger partial charge in [0.2, 0.25) is 0 Å². The normalized spacial score (nSPS) is 11.6. The second-order valence-corrected chi connectivity index (χ2v) is 6.62. The molecule has 0 saturated carbocycles. The molecule has 23 heavy (non-hydrogen) atoms. The number of carbonyl (C=O) groups is 1. The molecule has 3 rings (SSSR count). The van der Waals surface area contributed by atoms with E-state index in [1.807, 2.05) is 0 Å². The lowest BCUT2D eigenvalue weighted by Gasteiger charge is -2.07. The van der Waals surface area contributed by atoms with Gasteiger partial charge in [-0.05, 0) is 30.3 Å². The van der Waals surface area contributed by atoms with Crippen LogP contribution in [0.2, 0.25) is 0 Å². The minimum atomic E-state index is -3.96. The van der Waals surface area contributed by atoms with Gasteiger partial charge in [0.25, 0.3) is 10.0 Å². The first-order valence-electron chi connectivity index (χ1n) is 6.64. The van der Waals surface area contributed by atoms with E-state index in [0.717, 1.165) is 16.1 Å². The fourth-order valence-corrected chi connectivity index (χ4v) is 3.71. The summed E-state index contributed by atoms with van der Waals surface area (Å²) < 4.78 is 44.3. The van der Waals surface area contributed by atoms with Gasteiger partial charge in [-0.3, -0.25) is 0 Å². The van der Waals surface area contributed by atoms with E-state index in [0.29, 0.717) is 10.9 Å². The van der Waals surface area contributed by atoms with Crippen LogP contribution in [0.4, 0.5) is 4.39 Å². The van der Waals surface area contributed by atoms with Crippen molar-refractivity contribution >= 4 is 26.9 Å². The Kier molecular flexibility index (Phi) is 3.65. The summed E-state index contributed by atoms with van der Waals surface area (Å²) in [6.45, 7) is 0. The molecule has 3 aromatic rings. The van der Waals surface area contributed by atoms with Crippen molar-refractivity contribution in [3.63, 3.8) is 0 Å². The number of ether oxygens (including phenoxy) is 1. The number of fused-ring (bicyclic) bond motifs is 1. The lowest BCUT2D eigenvalue weighted by atomic mass is 10.2. The van der Waals surface area contributed by atoms with Gasteiger partial charge in [-0.15, -0.1) is 0 Å². The van der Waals surface area contributed by atoms with Gasteiger partial charge in [-0.25, -0.2) is 21.6 Å². The first-order chi connectivity index (χ1) is 10.9. The third-order valence-electron chi connectivity index (χ3n) is 3.45. The fraction of sp³-hybridized carbons (Fsp3) is 0.0625. The van der Waals surface area contributed by atoms with Crippen molar-refractivity contribution in [3.8, 4) is 0 Å². The number of benzene rings is 2. The van der Waals surface area contributed by atoms with Crippen molar-refractivity contribution in [3.05, 3.63) is 66.1 Å². The molecule has 0 fully saturated rings. The van der Waals surface area contributed by atoms with Crippen LogP contribution in [0.15, 0.2) is 59.6 Å². The van der Waals surface area contributed by atoms with Crippen LogP contribution in [0.5, 0.6) is 0 Å². The summed E-state index contributed by atoms with van der Waals surface area (Å²) in [6, 6.07) is 11.1. The number of hydrogen-bond donors (Lipinski definition) is 0. The van der Waals surface area contributed by atoms with Crippen LogP contribution in [-0.2, 0) is 14.8 Å². The van der Waals surface area contributed by atoms with Gasteiger partial charge in [0, 0.05) is 11.6 Å². The van der Waals surface area contributed by atoms with Crippen LogP contribution in [0.3, 0.4) is 0 Å². The summed E-state index contributed by atoms with van der Waals surface area (Å²) in [4.78, 5) is 11.8. The fourth-order valence-electron chi connectivity index (χ4n) is 2.34. The quantitative estimate of drug-likeness (QED) is 0.691. The van der Waals surface area contributed by atoms with Crippen LogP contribution < -0.4 is 0 Å². The van der Waals surface area contributed by atoms with Crippen molar-refractivity contribution in [2.75, 3.05) is 7.11 Å². The zero-order valence-corrected chi connectivity index (χ0v) is 12.9. The number of esters is 1. The standard InChI is InChI=1S/C16H12FNO4S/c1-22-16(19)14-10-18(15-5-3-2-4-13(14)15)23(20,21)12-8-6-11(17)7-9-12/h2-10H,1H3. The molecule has 7 heteroatoms. The molecule has 5 nitrogen and oxygen atoms in total. The van der Waals surface area contributed by atoms with E-state index in [4.69, 9.17) is 4.74 Å². The van der Waals surface area contributed by atoms with Crippen LogP contribution >= 0.6 is 0 Å². The molecule has 0 N–H and O–H groups in total. The molecule has 1 heterocycles. The summed E-state index contributed by atoms with van der Waals surface area (Å²) in [6.07, 6.45) is 1.22. The molecule has 0 aliphatic heterocycles. The zero-order valence-electron chi connectivity index (χ0n) is 12.1. The van der Waals surface area contributed by atoms with Crippen LogP contribution in [0, 0.1) is 5.82 Å². The largest absolute Gasteiger partial charge is 0.465 e. The zero-order chi connectivity index (χ0) is 16.6. The predicted octanol–water partition coefficient (Wildman–Crippen LogP) is 2.80. The molecule has 0 spiro atoms. The summed E-state index contributed by atoms with van der Waals surface area (Å²) in [5.41, 5.74) is 0.492. The predicted molar refractivity (Wildman–Crippen MR) is 82.3 cm³/mol. The second kappa shape index (κ2) is 5.51. The van der Waals surface area contributed by atoms with Crippen molar-refractivity contribution in [2.24, 2.45) is 0 Å². The van der Waals surface area contributed by atoms with E-state index < -0.39 is 21.8 Å². The SMILES string of the molecule is COC(=O)c1cn(S(=O)(=O)c2ccc(F)cc2)c2ccccc12. The third-order valence-corrected chi connectivity index (χ3v) is 5.14. The van der Waals surface area contributed by atoms with Gasteiger partial charge >= 0.3 is 5.97 Å². The molecule has 0 unspecified atom stereocenters. The maximum atomic E-state index is 13.0. The molecule has 1 aromatic heterocycles. The van der Waals surface area contributed by atoms with E-state index >= 15 is 0 Å². The molecule has 0 amide bonds. The maximum absolute atomic E-state index is 13.0. The topological polar surface area (TPSA) is 65.4 Å². The van der Waals surface area contributed by atoms with Gasteiger partial charge < -0.3 is 4.74 Å². The number of carbonyl (C=O) groups excluding carboxylic acids is 1. The van der Waals surface area contributed by atoms with Gasteiger partial charge in [-0.1, -0.05) is 18.2 Å². The average molecular weight is 333 g/mol. The Balaban J connectivity index is 2.27. The first-order valence-corrected chi connectivity index (χ1v) is 8.08. The number of methoxy groups -OCH3 is 1. The van der Waals surface area contributed by atoms with Crippen molar-refractivity contribution in [1.82, 2.24) is 3.97 Å². The molecule has 0 aliphatic rings. The third kappa shape index (κ3) is 2.49. The Hall–Kier alpha value is -2.67. The minimum absolute atomic E-state index is 0.0731. The van der Waals surface area contributed by atoms with Crippen LogP contribution in [-0.4, -0.2) is 25.5 Å². The highest BCUT2D eigenvalue weighted by atomic mass is 32.2. The van der Waals surface area contributed by atoms with Gasteiger partial charge in [0.15, 0.2) is 0 Å². The molecule has 2 aromatic carbocycles. The summed E-state index contributed by atoms with van der Waals surface area (Å²) in [7, 11) is -2.74. The van der Waals surface area contributed by atoms with E-state index in [1.54, 1.807) is 24.3 Å². The molecule has 0 saturated heterocycles. The molecule has 118 valence electrons. The van der Waals surface area contributed by atoms with Crippen LogP contribution in [0.25, 0.3) is 10.9 Å². The second-order valence-electron chi connectivity index (χ2n) is 4.81. The highest BCUT2D eigenvalue weighted by Gasteiger charge is 2.23. The molecule has 0 atom stereocenters. The molecule has 0 bridgehead atoms. The van der Waals surface area contributed by atoms with Gasteiger partial charge in [0.1, 0.15) is 5.82 Å². The molecule has 0 radical (unpaired) electrons. The number of rotatable bonds is 3. The van der Waals surface area contributed by atoms with Crippen molar-refractivity contribution in [2.45, 2.75) is 4.90 Å². The van der Waals surface area contributed by atoms with Crippen molar-refractivity contribution < 1.29 is 22.3 Å². The lowest BCUT2D eigenvalue weighted by Crippen LogP contribution is -2.12. The minimum Gasteiger partial charge on any atom is -0.465 e. The molecule has 0 aliphatic carbocycles. The van der Waals surface area contributed by atoms with E-state index in [1.165, 1.54) is 25.4 Å². The van der Waals surface area contributed by atoms with Gasteiger partial charge in [-0.2, -0.15) is 0 Å². The number of nitrogens with zero attached hydrogens (tertiary/aromatic N) is 1. The highest BCUT2D eigenvalue weighted by molar-refractivity contribution is 7.90. The van der Waals surface area contributed by atoms with E-state index in [-0.39, 0.29) is 10.5 Å². The summed E-state index contributed by atoms with van der Waals surface area (Å²) >= 11 is 0. The summed E-state index contributed by atoms with van der Waals surface area (Å²) in [5.74, 6) is -1.16. The number of halogens is 1. The Morgan fingerprint density at radius 1 is 1.09 bits per heavy atom. The molecular weight excluding hydrogens is 321 g/mol. The van der Waals surface area contributed by atoms with Crippen LogP contribution in [0.1, 0.15) is 10.4 Å². The Morgan fingerprint density at radius 2 is 1.74 bits per heavy atom. The maximum Gasteiger partial charge on any atom is 0.340 e. The number of hydrogen-bond acceptors (Lipinski definition) is 4. The number of aromatic nitrogens is 1. The Bertz CT molecular complexity index is 991. The average Bonchev–Trinajstić information content (AvgIpc) is 2.95. The Morgan fingerprint density at radius 3 is 2.39 bits per heavy atom. The highest BCUT2D eigenvalue weighted by Crippen LogP contribution is 2.26. The number of para-hydroxylation sites is 1. The lowest BCUT2D eigenvalue weighted by molar-refractivity contribution is 0.0603. The Labute approximate surface area is 132 Å². The smallest absolute Gasteiger partial charge is 0.340 e. The molecular formula is C16H12FNO4S. The van der Waals surface area contributed by atoms with E-state index in [9.17, 15) is 17.6 Å². The van der Waals surface area contributed by atoms with Crippen molar-refractivity contribution in [1.29, 1.82) is 0 Å². The van der Waals surface area contributed by atoms with E-state index in [2.05, 4.69) is 0 Å². The first kappa shape index (κ1) is 15.2. The monoisotopic (exact) mass is 333 g/mol. The summed E-state index contributed by atoms with van der Waals surface area (Å²) in [5, 5.41) is 0.463. The van der Waals surface area contributed by atoms with Gasteiger partial charge in [0.05, 0.1) is 23.1 Å².